The van der Waals surface area contributed by atoms with E-state index in [1.54, 1.807) is 0 Å². The molecule has 0 spiro atoms. The second kappa shape index (κ2) is 4.92. The maximum atomic E-state index is 12.0. The molecule has 0 aromatic heterocycles. The van der Waals surface area contributed by atoms with Crippen molar-refractivity contribution in [2.75, 3.05) is 0 Å². The lowest BCUT2D eigenvalue weighted by Crippen LogP contribution is -2.57. The molecule has 0 N–H and O–H groups in total. The molecule has 4 aliphatic carbocycles. The molecule has 0 heterocycles. The molecule has 0 radical (unpaired) electrons. The van der Waals surface area contributed by atoms with Gasteiger partial charge in [-0.15, -0.1) is 0 Å². The zero-order valence-corrected chi connectivity index (χ0v) is 11.8. The van der Waals surface area contributed by atoms with Crippen molar-refractivity contribution in [3.63, 3.8) is 0 Å². The fourth-order valence-corrected chi connectivity index (χ4v) is 4.91. The van der Waals surface area contributed by atoms with E-state index in [0.717, 1.165) is 18.1 Å². The summed E-state index contributed by atoms with van der Waals surface area (Å²) in [4.78, 5) is 22.3. The highest BCUT2D eigenvalue weighted by Crippen LogP contribution is 2.59. The van der Waals surface area contributed by atoms with E-state index in [-0.39, 0.29) is 11.6 Å². The molecule has 3 heteroatoms. The van der Waals surface area contributed by atoms with Gasteiger partial charge < -0.3 is 9.53 Å². The Morgan fingerprint density at radius 3 is 2.26 bits per heavy atom. The molecular formula is C16H24O3. The largest absolute Gasteiger partial charge is 0.459 e. The Morgan fingerprint density at radius 2 is 1.74 bits per heavy atom. The number of rotatable bonds is 5. The molecule has 3 nitrogen and oxygen atoms in total. The third-order valence-electron chi connectivity index (χ3n) is 5.80. The number of ether oxygens (including phenoxy) is 1. The molecule has 0 amide bonds. The predicted molar refractivity (Wildman–Crippen MR) is 71.5 cm³/mol. The molecule has 0 aliphatic heterocycles. The van der Waals surface area contributed by atoms with Crippen LogP contribution in [0.25, 0.3) is 0 Å². The highest BCUT2D eigenvalue weighted by atomic mass is 16.6. The summed E-state index contributed by atoms with van der Waals surface area (Å²) >= 11 is 0. The first-order valence-corrected chi connectivity index (χ1v) is 7.77. The van der Waals surface area contributed by atoms with Gasteiger partial charge in [-0.25, -0.2) is 0 Å². The highest BCUT2D eigenvalue weighted by molar-refractivity contribution is 5.70. The minimum absolute atomic E-state index is 0.100. The number of carbonyl (C=O) groups is 2. The van der Waals surface area contributed by atoms with Crippen LogP contribution < -0.4 is 0 Å². The maximum absolute atomic E-state index is 12.0. The Bertz CT molecular complexity index is 346. The van der Waals surface area contributed by atoms with E-state index < -0.39 is 0 Å². The topological polar surface area (TPSA) is 43.4 Å². The van der Waals surface area contributed by atoms with Crippen LogP contribution in [-0.4, -0.2) is 17.9 Å². The Kier molecular flexibility index (Phi) is 3.40. The molecule has 4 rings (SSSR count). The second-order valence-electron chi connectivity index (χ2n) is 7.02. The fraction of sp³-hybridized carbons (Fsp3) is 0.875. The van der Waals surface area contributed by atoms with Crippen molar-refractivity contribution in [2.24, 2.45) is 23.7 Å². The van der Waals surface area contributed by atoms with E-state index in [2.05, 4.69) is 6.92 Å². The summed E-state index contributed by atoms with van der Waals surface area (Å²) in [7, 11) is 0. The SMILES string of the molecule is CC1(OC(=O)CCCC=O)C2CC3CC(C2)CC1C3. The van der Waals surface area contributed by atoms with E-state index in [9.17, 15) is 9.59 Å². The van der Waals surface area contributed by atoms with Crippen molar-refractivity contribution in [2.45, 2.75) is 63.9 Å². The van der Waals surface area contributed by atoms with E-state index in [0.29, 0.717) is 31.1 Å². The molecular weight excluding hydrogens is 240 g/mol. The minimum Gasteiger partial charge on any atom is -0.459 e. The van der Waals surface area contributed by atoms with Crippen molar-refractivity contribution in [3.05, 3.63) is 0 Å². The van der Waals surface area contributed by atoms with Crippen molar-refractivity contribution >= 4 is 12.3 Å². The molecule has 0 aromatic carbocycles. The van der Waals surface area contributed by atoms with Gasteiger partial charge in [0, 0.05) is 12.8 Å². The number of hydrogen-bond acceptors (Lipinski definition) is 3. The van der Waals surface area contributed by atoms with Gasteiger partial charge in [0.25, 0.3) is 0 Å². The highest BCUT2D eigenvalue weighted by Gasteiger charge is 2.56. The third-order valence-corrected chi connectivity index (χ3v) is 5.80. The van der Waals surface area contributed by atoms with Crippen LogP contribution in [0, 0.1) is 23.7 Å². The molecule has 19 heavy (non-hydrogen) atoms. The van der Waals surface area contributed by atoms with Crippen LogP contribution in [0.5, 0.6) is 0 Å². The lowest BCUT2D eigenvalue weighted by molar-refractivity contribution is -0.203. The van der Waals surface area contributed by atoms with Crippen LogP contribution in [-0.2, 0) is 14.3 Å². The van der Waals surface area contributed by atoms with Gasteiger partial charge in [-0.1, -0.05) is 0 Å². The first kappa shape index (κ1) is 13.1. The van der Waals surface area contributed by atoms with E-state index in [1.807, 2.05) is 0 Å². The molecule has 4 aliphatic rings. The van der Waals surface area contributed by atoms with E-state index >= 15 is 0 Å². The summed E-state index contributed by atoms with van der Waals surface area (Å²) in [6.45, 7) is 2.16. The second-order valence-corrected chi connectivity index (χ2v) is 7.02. The molecule has 0 saturated heterocycles. The minimum atomic E-state index is -0.217. The van der Waals surface area contributed by atoms with Crippen LogP contribution in [0.1, 0.15) is 58.3 Å². The summed E-state index contributed by atoms with van der Waals surface area (Å²) in [6, 6.07) is 0. The number of aldehydes is 1. The number of unbranched alkanes of at least 4 members (excludes halogenated alkanes) is 1. The van der Waals surface area contributed by atoms with Gasteiger partial charge in [-0.2, -0.15) is 0 Å². The Labute approximate surface area is 115 Å². The van der Waals surface area contributed by atoms with Crippen LogP contribution in [0.4, 0.5) is 0 Å². The van der Waals surface area contributed by atoms with Crippen LogP contribution in [0.15, 0.2) is 0 Å². The third kappa shape index (κ3) is 2.32. The predicted octanol–water partition coefficient (Wildman–Crippen LogP) is 3.11. The zero-order chi connectivity index (χ0) is 13.5. The summed E-state index contributed by atoms with van der Waals surface area (Å²) < 4.78 is 5.91. The average molecular weight is 264 g/mol. The first-order chi connectivity index (χ1) is 9.11. The summed E-state index contributed by atoms with van der Waals surface area (Å²) in [5, 5.41) is 0. The van der Waals surface area contributed by atoms with Crippen molar-refractivity contribution in [1.82, 2.24) is 0 Å². The first-order valence-electron chi connectivity index (χ1n) is 7.77. The van der Waals surface area contributed by atoms with Gasteiger partial charge in [-0.3, -0.25) is 4.79 Å². The van der Waals surface area contributed by atoms with Crippen LogP contribution in [0.3, 0.4) is 0 Å². The quantitative estimate of drug-likeness (QED) is 0.435. The molecule has 4 saturated carbocycles. The van der Waals surface area contributed by atoms with Crippen molar-refractivity contribution in [1.29, 1.82) is 0 Å². The standard InChI is InChI=1S/C16H24O3/c1-16(19-15(18)4-2-3-5-17)13-7-11-6-12(9-13)10-14(16)8-11/h5,11-14H,2-4,6-10H2,1H3. The summed E-state index contributed by atoms with van der Waals surface area (Å²) in [5.41, 5.74) is -0.217. The summed E-state index contributed by atoms with van der Waals surface area (Å²) in [5.74, 6) is 2.85. The van der Waals surface area contributed by atoms with Crippen LogP contribution >= 0.6 is 0 Å². The molecule has 0 unspecified atom stereocenters. The molecule has 106 valence electrons. The van der Waals surface area contributed by atoms with Crippen molar-refractivity contribution < 1.29 is 14.3 Å². The fourth-order valence-electron chi connectivity index (χ4n) is 4.91. The normalized spacial score (nSPS) is 43.2. The monoisotopic (exact) mass is 264 g/mol. The van der Waals surface area contributed by atoms with Gasteiger partial charge in [0.1, 0.15) is 11.9 Å². The van der Waals surface area contributed by atoms with Gasteiger partial charge in [0.15, 0.2) is 0 Å². The smallest absolute Gasteiger partial charge is 0.306 e. The molecule has 4 fully saturated rings. The summed E-state index contributed by atoms with van der Waals surface area (Å²) in [6.07, 6.45) is 8.78. The lowest BCUT2D eigenvalue weighted by Gasteiger charge is -2.59. The van der Waals surface area contributed by atoms with Gasteiger partial charge >= 0.3 is 5.97 Å². The molecule has 0 aromatic rings. The van der Waals surface area contributed by atoms with Gasteiger partial charge in [-0.05, 0) is 69.1 Å². The number of esters is 1. The average Bonchev–Trinajstić information content (AvgIpc) is 2.35. The Balaban J connectivity index is 1.63. The number of carbonyl (C=O) groups excluding carboxylic acids is 2. The lowest BCUT2D eigenvalue weighted by atomic mass is 9.50. The Hall–Kier alpha value is -0.860. The zero-order valence-electron chi connectivity index (χ0n) is 11.8. The molecule has 4 bridgehead atoms. The Morgan fingerprint density at radius 1 is 1.16 bits per heavy atom. The maximum Gasteiger partial charge on any atom is 0.306 e. The van der Waals surface area contributed by atoms with Gasteiger partial charge in [0.05, 0.1) is 0 Å². The van der Waals surface area contributed by atoms with Crippen LogP contribution in [0.2, 0.25) is 0 Å². The van der Waals surface area contributed by atoms with Crippen molar-refractivity contribution in [3.8, 4) is 0 Å². The van der Waals surface area contributed by atoms with E-state index in [1.165, 1.54) is 32.1 Å². The molecule has 0 atom stereocenters. The van der Waals surface area contributed by atoms with Gasteiger partial charge in [0.2, 0.25) is 0 Å². The number of hydrogen-bond donors (Lipinski definition) is 0. The van der Waals surface area contributed by atoms with E-state index in [4.69, 9.17) is 4.74 Å².